The first kappa shape index (κ1) is 27.2. The van der Waals surface area contributed by atoms with Gasteiger partial charge in [-0.2, -0.15) is 0 Å². The molecular weight excluding hydrogens is 546 g/mol. The summed E-state index contributed by atoms with van der Waals surface area (Å²) in [5, 5.41) is 5.72. The van der Waals surface area contributed by atoms with E-state index in [9.17, 15) is 13.6 Å². The van der Waals surface area contributed by atoms with Gasteiger partial charge in [-0.25, -0.2) is 28.7 Å². The third-order valence-corrected chi connectivity index (χ3v) is 8.26. The topological polar surface area (TPSA) is 92.1 Å². The van der Waals surface area contributed by atoms with E-state index in [2.05, 4.69) is 34.6 Å². The predicted octanol–water partition coefficient (Wildman–Crippen LogP) is 4.82. The molecule has 1 amide bonds. The number of anilines is 2. The van der Waals surface area contributed by atoms with Crippen LogP contribution in [0.15, 0.2) is 36.1 Å². The van der Waals surface area contributed by atoms with Crippen molar-refractivity contribution in [1.29, 1.82) is 0 Å². The second-order valence-corrected chi connectivity index (χ2v) is 11.7. The van der Waals surface area contributed by atoms with Crippen LogP contribution in [0.2, 0.25) is 0 Å². The van der Waals surface area contributed by atoms with Crippen LogP contribution in [0.3, 0.4) is 0 Å². The molecule has 0 spiro atoms. The van der Waals surface area contributed by atoms with Crippen LogP contribution in [-0.2, 0) is 11.3 Å². The number of amides is 1. The second kappa shape index (κ2) is 11.1. The molecule has 0 saturated carbocycles. The van der Waals surface area contributed by atoms with Gasteiger partial charge < -0.3 is 19.7 Å². The lowest BCUT2D eigenvalue weighted by Crippen LogP contribution is -2.35. The Labute approximate surface area is 240 Å². The van der Waals surface area contributed by atoms with Crippen LogP contribution >= 0.6 is 11.3 Å². The maximum absolute atomic E-state index is 14.0. The second-order valence-electron chi connectivity index (χ2n) is 10.6. The van der Waals surface area contributed by atoms with Crippen molar-refractivity contribution in [3.63, 3.8) is 0 Å². The fourth-order valence-corrected chi connectivity index (χ4v) is 5.94. The van der Waals surface area contributed by atoms with E-state index in [1.807, 2.05) is 32.6 Å². The number of likely N-dealkylation sites (N-methyl/N-ethyl adjacent to an activating group) is 1. The fraction of sp³-hybridized carbons (Fsp3) is 0.345. The molecule has 3 aromatic heterocycles. The van der Waals surface area contributed by atoms with Crippen LogP contribution < -0.4 is 10.2 Å². The van der Waals surface area contributed by atoms with Crippen molar-refractivity contribution in [2.45, 2.75) is 32.2 Å². The first-order chi connectivity index (χ1) is 19.8. The zero-order valence-corrected chi connectivity index (χ0v) is 23.9. The maximum Gasteiger partial charge on any atom is 0.257 e. The summed E-state index contributed by atoms with van der Waals surface area (Å²) in [6, 6.07) is 3.90. The minimum Gasteiger partial charge on any atom is -0.356 e. The number of piperidine rings is 1. The number of hydrogen-bond acceptors (Lipinski definition) is 8. The molecule has 0 bridgehead atoms. The van der Waals surface area contributed by atoms with Gasteiger partial charge in [-0.3, -0.25) is 4.79 Å². The number of rotatable bonds is 7. The van der Waals surface area contributed by atoms with Gasteiger partial charge in [-0.15, -0.1) is 11.3 Å². The van der Waals surface area contributed by atoms with E-state index >= 15 is 0 Å². The van der Waals surface area contributed by atoms with Crippen LogP contribution in [0.4, 0.5) is 20.4 Å². The Morgan fingerprint density at radius 2 is 1.95 bits per heavy atom. The highest BCUT2D eigenvalue weighted by atomic mass is 32.1. The van der Waals surface area contributed by atoms with Gasteiger partial charge in [-0.05, 0) is 58.1 Å². The van der Waals surface area contributed by atoms with Gasteiger partial charge in [-0.1, -0.05) is 0 Å². The molecule has 1 N–H and O–H groups in total. The van der Waals surface area contributed by atoms with Crippen LogP contribution in [0.5, 0.6) is 0 Å². The predicted molar refractivity (Wildman–Crippen MR) is 156 cm³/mol. The standard InChI is InChI=1S/C29H30F2N8OS/c1-17-34-20(15-41-17)13-21-25-26(36-29(21)40)32-16-33-28(25)38-8-6-18(7-9-38)27-35-24(14-39(27)11-10-37(2)3)19-4-5-22(30)23(31)12-19/h4-5,12-16,18H,6-11H2,1-3H3,(H,32,33,36,40)/b21-13-. The minimum atomic E-state index is -0.885. The quantitative estimate of drug-likeness (QED) is 0.316. The number of hydrogen-bond donors (Lipinski definition) is 1. The van der Waals surface area contributed by atoms with Crippen molar-refractivity contribution in [1.82, 2.24) is 29.4 Å². The highest BCUT2D eigenvalue weighted by molar-refractivity contribution is 7.09. The van der Waals surface area contributed by atoms with Crippen LogP contribution in [-0.4, -0.2) is 69.0 Å². The minimum absolute atomic E-state index is 0.176. The first-order valence-electron chi connectivity index (χ1n) is 13.5. The van der Waals surface area contributed by atoms with Crippen LogP contribution in [0.1, 0.15) is 40.8 Å². The summed E-state index contributed by atoms with van der Waals surface area (Å²) in [6.45, 7) is 4.91. The normalized spacial score (nSPS) is 16.6. The van der Waals surface area contributed by atoms with Crippen molar-refractivity contribution in [3.05, 3.63) is 69.8 Å². The van der Waals surface area contributed by atoms with Gasteiger partial charge in [0, 0.05) is 49.2 Å². The molecule has 1 aromatic carbocycles. The number of halogens is 2. The number of aromatic nitrogens is 5. The van der Waals surface area contributed by atoms with E-state index in [-0.39, 0.29) is 11.8 Å². The monoisotopic (exact) mass is 576 g/mol. The average Bonchev–Trinajstić information content (AvgIpc) is 3.66. The molecule has 1 fully saturated rings. The number of carbonyl (C=O) groups is 1. The number of nitrogens with one attached hydrogen (secondary N) is 1. The summed E-state index contributed by atoms with van der Waals surface area (Å²) in [5.74, 6) is 0.379. The molecule has 5 heterocycles. The zero-order chi connectivity index (χ0) is 28.7. The number of benzene rings is 1. The summed E-state index contributed by atoms with van der Waals surface area (Å²) >= 11 is 1.53. The molecule has 2 aliphatic heterocycles. The number of aryl methyl sites for hydroxylation is 1. The average molecular weight is 577 g/mol. The Kier molecular flexibility index (Phi) is 7.35. The maximum atomic E-state index is 14.0. The molecule has 4 aromatic rings. The summed E-state index contributed by atoms with van der Waals surface area (Å²) in [6.07, 6.45) is 6.86. The summed E-state index contributed by atoms with van der Waals surface area (Å²) in [4.78, 5) is 35.5. The van der Waals surface area contributed by atoms with Gasteiger partial charge in [0.2, 0.25) is 0 Å². The third-order valence-electron chi connectivity index (χ3n) is 7.47. The lowest BCUT2D eigenvalue weighted by Gasteiger charge is -2.33. The molecule has 2 aliphatic rings. The smallest absolute Gasteiger partial charge is 0.257 e. The van der Waals surface area contributed by atoms with Crippen molar-refractivity contribution in [2.75, 3.05) is 43.9 Å². The van der Waals surface area contributed by atoms with Gasteiger partial charge >= 0.3 is 0 Å². The highest BCUT2D eigenvalue weighted by Gasteiger charge is 2.33. The van der Waals surface area contributed by atoms with Crippen molar-refractivity contribution in [2.24, 2.45) is 0 Å². The van der Waals surface area contributed by atoms with E-state index in [0.29, 0.717) is 41.3 Å². The lowest BCUT2D eigenvalue weighted by atomic mass is 9.95. The van der Waals surface area contributed by atoms with Gasteiger partial charge in [0.25, 0.3) is 5.91 Å². The molecule has 0 aliphatic carbocycles. The Balaban J connectivity index is 1.26. The number of imidazole rings is 1. The number of nitrogens with zero attached hydrogens (tertiary/aromatic N) is 7. The molecular formula is C29H30F2N8OS. The molecule has 6 rings (SSSR count). The molecule has 0 unspecified atom stereocenters. The molecule has 0 atom stereocenters. The molecule has 12 heteroatoms. The number of fused-ring (bicyclic) bond motifs is 1. The van der Waals surface area contributed by atoms with Crippen molar-refractivity contribution in [3.8, 4) is 11.3 Å². The Morgan fingerprint density at radius 3 is 2.66 bits per heavy atom. The highest BCUT2D eigenvalue weighted by Crippen LogP contribution is 2.40. The fourth-order valence-electron chi connectivity index (χ4n) is 5.37. The van der Waals surface area contributed by atoms with E-state index < -0.39 is 11.6 Å². The van der Waals surface area contributed by atoms with E-state index in [0.717, 1.165) is 54.3 Å². The first-order valence-corrected chi connectivity index (χ1v) is 14.4. The summed E-state index contributed by atoms with van der Waals surface area (Å²) in [5.41, 5.74) is 3.13. The third kappa shape index (κ3) is 5.49. The molecule has 1 saturated heterocycles. The Hall–Kier alpha value is -4.03. The van der Waals surface area contributed by atoms with E-state index in [1.54, 1.807) is 12.1 Å². The lowest BCUT2D eigenvalue weighted by molar-refractivity contribution is -0.110. The van der Waals surface area contributed by atoms with Gasteiger partial charge in [0.15, 0.2) is 11.6 Å². The summed E-state index contributed by atoms with van der Waals surface area (Å²) in [7, 11) is 4.03. The van der Waals surface area contributed by atoms with Gasteiger partial charge in [0.1, 0.15) is 23.8 Å². The zero-order valence-electron chi connectivity index (χ0n) is 23.1. The Morgan fingerprint density at radius 1 is 1.15 bits per heavy atom. The molecule has 212 valence electrons. The molecule has 0 radical (unpaired) electrons. The van der Waals surface area contributed by atoms with Gasteiger partial charge in [0.05, 0.1) is 27.5 Å². The molecule has 41 heavy (non-hydrogen) atoms. The van der Waals surface area contributed by atoms with Crippen LogP contribution in [0, 0.1) is 18.6 Å². The van der Waals surface area contributed by atoms with E-state index in [1.165, 1.54) is 23.7 Å². The largest absolute Gasteiger partial charge is 0.356 e. The SMILES string of the molecule is Cc1nc(/C=C2\C(=O)Nc3ncnc(N4CCC(c5nc(-c6ccc(F)c(F)c6)cn5CCN(C)C)CC4)c32)cs1. The number of thiazole rings is 1. The Bertz CT molecular complexity index is 1640. The van der Waals surface area contributed by atoms with Crippen molar-refractivity contribution >= 4 is 40.5 Å². The van der Waals surface area contributed by atoms with E-state index in [4.69, 9.17) is 4.98 Å². The van der Waals surface area contributed by atoms with Crippen molar-refractivity contribution < 1.29 is 13.6 Å². The number of carbonyl (C=O) groups excluding carboxylic acids is 1. The summed E-state index contributed by atoms with van der Waals surface area (Å²) < 4.78 is 29.7. The van der Waals surface area contributed by atoms with Crippen LogP contribution in [0.25, 0.3) is 22.9 Å². The molecule has 9 nitrogen and oxygen atoms in total.